The van der Waals surface area contributed by atoms with E-state index in [1.807, 2.05) is 0 Å². The maximum Gasteiger partial charge on any atom is 0.264 e. The van der Waals surface area contributed by atoms with E-state index < -0.39 is 248 Å². The first-order valence-corrected chi connectivity index (χ1v) is 23.5. The van der Waals surface area contributed by atoms with E-state index in [2.05, 4.69) is 0 Å². The highest BCUT2D eigenvalue weighted by molar-refractivity contribution is 7.33. The Morgan fingerprint density at radius 2 is 0.914 bits per heavy atom. The van der Waals surface area contributed by atoms with Gasteiger partial charge in [0, 0.05) is 60.1 Å². The van der Waals surface area contributed by atoms with E-state index in [1.165, 1.54) is 24.8 Å². The fraction of sp³-hybridized carbons (Fsp3) is 0.231. The lowest BCUT2D eigenvalue weighted by molar-refractivity contribution is 0.590. The molecule has 0 unspecified atom stereocenters. The molecule has 0 radical (unpaired) electrons. The average molecular weight is 959 g/mol. The molecular formula is C65H64BN3S. The predicted octanol–water partition coefficient (Wildman–Crippen LogP) is 16.7. The SMILES string of the molecule is [2H]c1c([2H])c([2H])c(N(c2cc3c4c(c2)N(c2c([2H])c([2H])c(C(C)(C)C)c([2H])c2[2H])c2c(sc5c([2H])c([2H])c(C(C)(C)C)c([2H])c25)B4c2c([2H])c([2H])c(C(C)(C)c4c([2H])c([2H])c([2H])c([2H])c4[2H])c([2H])c2N3c2c([2H])c([2H])c(C(C)(C)C)c([2H])c2[2H])c2c([2H])c([2H])c([2H])c([2H])c2[2H])c([2H])c1[2H]. The summed E-state index contributed by atoms with van der Waals surface area (Å²) in [7, 11) is 0. The van der Waals surface area contributed by atoms with Crippen molar-refractivity contribution in [1.82, 2.24) is 0 Å². The first-order valence-electron chi connectivity index (χ1n) is 37.2. The molecule has 0 atom stereocenters. The lowest BCUT2D eigenvalue weighted by Gasteiger charge is -2.44. The Hall–Kier alpha value is -6.82. The number of hydrogen-bond donors (Lipinski definition) is 0. The molecule has 0 bridgehead atoms. The molecule has 0 saturated heterocycles. The minimum absolute atomic E-state index is 0.0110. The summed E-state index contributed by atoms with van der Waals surface area (Å²) in [6.45, 7) is 16.0. The molecule has 5 heteroatoms. The minimum Gasteiger partial charge on any atom is -0.311 e. The largest absolute Gasteiger partial charge is 0.311 e. The summed E-state index contributed by atoms with van der Waals surface area (Å²) < 4.78 is 278. The van der Waals surface area contributed by atoms with Crippen LogP contribution in [-0.4, -0.2) is 6.71 Å². The smallest absolute Gasteiger partial charge is 0.264 e. The average Bonchev–Trinajstić information content (AvgIpc) is 1.66. The van der Waals surface area contributed by atoms with Crippen LogP contribution >= 0.6 is 11.3 Å². The number of hydrogen-bond acceptors (Lipinski definition) is 4. The minimum atomic E-state index is -2.08. The van der Waals surface area contributed by atoms with Crippen molar-refractivity contribution >= 4 is 95.0 Å². The third-order valence-corrected chi connectivity index (χ3v) is 13.7. The van der Waals surface area contributed by atoms with Gasteiger partial charge in [0.25, 0.3) is 6.71 Å². The van der Waals surface area contributed by atoms with E-state index in [4.69, 9.17) is 12.3 Å². The first kappa shape index (κ1) is 23.4. The van der Waals surface area contributed by atoms with Gasteiger partial charge in [-0.1, -0.05) is 185 Å². The number of para-hydroxylation sites is 2. The van der Waals surface area contributed by atoms with Crippen LogP contribution in [0.5, 0.6) is 0 Å². The summed E-state index contributed by atoms with van der Waals surface area (Å²) in [5.41, 5.74) is -12.2. The van der Waals surface area contributed by atoms with Crippen LogP contribution in [-0.2, 0) is 21.7 Å². The van der Waals surface area contributed by atoms with Crippen LogP contribution in [0.1, 0.15) is 144 Å². The Bertz CT molecular complexity index is 4950. The lowest BCUT2D eigenvalue weighted by Crippen LogP contribution is -2.60. The van der Waals surface area contributed by atoms with Crippen LogP contribution in [0.15, 0.2) is 187 Å². The lowest BCUT2D eigenvalue weighted by atomic mass is 9.36. The number of fused-ring (bicyclic) bond motifs is 6. The molecule has 3 heterocycles. The number of thiophene rings is 1. The van der Waals surface area contributed by atoms with E-state index in [0.29, 0.717) is 0 Å². The van der Waals surface area contributed by atoms with Crippen molar-refractivity contribution in [2.75, 3.05) is 14.7 Å². The van der Waals surface area contributed by atoms with Crippen molar-refractivity contribution in [3.63, 3.8) is 0 Å². The topological polar surface area (TPSA) is 9.72 Å². The molecule has 0 amide bonds. The van der Waals surface area contributed by atoms with Gasteiger partial charge in [0.2, 0.25) is 0 Å². The van der Waals surface area contributed by atoms with Gasteiger partial charge >= 0.3 is 0 Å². The Morgan fingerprint density at radius 1 is 0.443 bits per heavy atom. The van der Waals surface area contributed by atoms with Gasteiger partial charge < -0.3 is 14.7 Å². The molecule has 0 fully saturated rings. The normalized spacial score (nSPS) is 19.4. The van der Waals surface area contributed by atoms with Gasteiger partial charge in [0.1, 0.15) is 0 Å². The molecular weight excluding hydrogens is 866 g/mol. The third kappa shape index (κ3) is 7.74. The van der Waals surface area contributed by atoms with Crippen LogP contribution in [0.3, 0.4) is 0 Å². The van der Waals surface area contributed by atoms with Gasteiger partial charge in [0.15, 0.2) is 0 Å². The molecule has 8 aromatic carbocycles. The summed E-state index contributed by atoms with van der Waals surface area (Å²) in [5.74, 6) is 0. The zero-order valence-corrected chi connectivity index (χ0v) is 41.3. The third-order valence-electron chi connectivity index (χ3n) is 12.5. The molecule has 0 saturated carbocycles. The Morgan fingerprint density at radius 3 is 1.44 bits per heavy atom. The summed E-state index contributed by atoms with van der Waals surface area (Å²) in [6.07, 6.45) is 0. The van der Waals surface area contributed by atoms with Crippen molar-refractivity contribution in [1.29, 1.82) is 0 Å². The van der Waals surface area contributed by atoms with E-state index in [0.717, 1.165) is 27.2 Å². The van der Waals surface area contributed by atoms with Gasteiger partial charge in [-0.05, 0) is 134 Å². The molecule has 70 heavy (non-hydrogen) atoms. The van der Waals surface area contributed by atoms with Crippen LogP contribution in [0.2, 0.25) is 0 Å². The van der Waals surface area contributed by atoms with Crippen molar-refractivity contribution < 1.29 is 39.8 Å². The molecule has 3 nitrogen and oxygen atoms in total. The highest BCUT2D eigenvalue weighted by atomic mass is 32.1. The van der Waals surface area contributed by atoms with Crippen LogP contribution in [0, 0.1) is 0 Å². The molecule has 11 rings (SSSR count). The van der Waals surface area contributed by atoms with Crippen molar-refractivity contribution in [3.8, 4) is 0 Å². The number of rotatable bonds is 7. The highest BCUT2D eigenvalue weighted by Gasteiger charge is 2.46. The second kappa shape index (κ2) is 16.7. The number of anilines is 9. The fourth-order valence-corrected chi connectivity index (χ4v) is 9.90. The Labute approximate surface area is 461 Å². The highest BCUT2D eigenvalue weighted by Crippen LogP contribution is 2.52. The monoisotopic (exact) mass is 959 g/mol. The quantitative estimate of drug-likeness (QED) is 0.147. The molecule has 9 aromatic rings. The van der Waals surface area contributed by atoms with E-state index in [-0.39, 0.29) is 59.9 Å². The number of nitrogens with zero attached hydrogens (tertiary/aromatic N) is 3. The summed E-state index contributed by atoms with van der Waals surface area (Å²) in [4.78, 5) is 3.00. The summed E-state index contributed by atoms with van der Waals surface area (Å²) in [6, 6.07) is -20.4. The van der Waals surface area contributed by atoms with Gasteiger partial charge in [-0.15, -0.1) is 11.3 Å². The molecule has 2 aliphatic heterocycles. The van der Waals surface area contributed by atoms with Crippen molar-refractivity contribution in [2.45, 2.75) is 97.8 Å². The Kier molecular flexibility index (Phi) is 5.57. The maximum atomic E-state index is 10.9. The fourth-order valence-electron chi connectivity index (χ4n) is 8.68. The zero-order chi connectivity index (χ0) is 74.1. The van der Waals surface area contributed by atoms with E-state index >= 15 is 0 Å². The van der Waals surface area contributed by atoms with Gasteiger partial charge in [0.05, 0.1) is 51.1 Å². The molecule has 348 valence electrons. The summed E-state index contributed by atoms with van der Waals surface area (Å²) in [5, 5.41) is -0.146. The molecule has 0 spiro atoms. The molecule has 0 N–H and O–H groups in total. The zero-order valence-electron chi connectivity index (χ0n) is 69.5. The molecule has 0 aliphatic carbocycles. The Balaban J connectivity index is 1.52. The van der Waals surface area contributed by atoms with Gasteiger partial charge in [-0.3, -0.25) is 0 Å². The van der Waals surface area contributed by atoms with Crippen molar-refractivity contribution in [3.05, 3.63) is 215 Å². The van der Waals surface area contributed by atoms with Crippen LogP contribution in [0.4, 0.5) is 51.2 Å². The second-order valence-electron chi connectivity index (χ2n) is 20.9. The molecule has 2 aliphatic rings. The molecule has 1 aromatic heterocycles. The van der Waals surface area contributed by atoms with Gasteiger partial charge in [-0.25, -0.2) is 0 Å². The first-order chi connectivity index (χ1) is 45.5. The van der Waals surface area contributed by atoms with E-state index in [1.54, 1.807) is 62.3 Å². The van der Waals surface area contributed by atoms with Crippen LogP contribution in [0.25, 0.3) is 10.1 Å². The van der Waals surface area contributed by atoms with Crippen molar-refractivity contribution in [2.24, 2.45) is 0 Å². The standard InChI is InChI=1S/C65H64BN3S/c1-62(2,3)43-27-33-50(34-28-43)68-55-40-47(65(10,11)45-21-15-12-16-22-45)31-37-54(55)66-59-56(68)41-52(67(48-23-17-13-18-24-48)49-25-19-14-20-26-49)42-57(59)69(51-35-29-44(30-36-51)63(4,5)6)60-53-39-46(64(7,8)9)32-38-58(53)70-61(60)66/h12-42H,1-11H3/i12D,13D,14D,15D,16D,17D,18D,19D,20D,21D,22D,23D,24D,25D,26D,27D,28D,29D,30D,31D,32D,33D,34D,35D,36D,37D,38D,39D,40D. The van der Waals surface area contributed by atoms with Crippen LogP contribution < -0.4 is 30.4 Å². The second-order valence-corrected chi connectivity index (χ2v) is 21.9. The number of benzene rings is 8. The van der Waals surface area contributed by atoms with E-state index in [9.17, 15) is 27.4 Å². The van der Waals surface area contributed by atoms with Gasteiger partial charge in [-0.2, -0.15) is 0 Å². The summed E-state index contributed by atoms with van der Waals surface area (Å²) >= 11 is 0.791. The maximum absolute atomic E-state index is 10.9. The predicted molar refractivity (Wildman–Crippen MR) is 305 cm³/mol.